The van der Waals surface area contributed by atoms with Crippen molar-refractivity contribution in [3.05, 3.63) is 75.8 Å². The lowest BCUT2D eigenvalue weighted by atomic mass is 10.2. The third-order valence-electron chi connectivity index (χ3n) is 5.83. The van der Waals surface area contributed by atoms with Crippen LogP contribution in [0.4, 0.5) is 0 Å². The highest BCUT2D eigenvalue weighted by Crippen LogP contribution is 2.23. The van der Waals surface area contributed by atoms with E-state index in [1.807, 2.05) is 47.9 Å². The lowest BCUT2D eigenvalue weighted by Crippen LogP contribution is -2.33. The zero-order valence-corrected chi connectivity index (χ0v) is 21.6. The molecule has 4 rings (SSSR count). The highest BCUT2D eigenvalue weighted by atomic mass is 16.6. The normalized spacial score (nSPS) is 11.7. The number of ether oxygens (including phenoxy) is 2. The first kappa shape index (κ1) is 26.1. The Labute approximate surface area is 214 Å². The second-order valence-corrected chi connectivity index (χ2v) is 10.0. The van der Waals surface area contributed by atoms with Crippen molar-refractivity contribution in [2.75, 3.05) is 6.54 Å². The van der Waals surface area contributed by atoms with E-state index in [1.165, 1.54) is 4.57 Å². The molecule has 37 heavy (non-hydrogen) atoms. The summed E-state index contributed by atoms with van der Waals surface area (Å²) in [5, 5.41) is 0.758. The van der Waals surface area contributed by atoms with Crippen LogP contribution in [0, 0.1) is 6.92 Å². The third-order valence-corrected chi connectivity index (χ3v) is 5.83. The number of nitrogens with zero attached hydrogens (tertiary/aromatic N) is 3. The van der Waals surface area contributed by atoms with Crippen LogP contribution in [0.2, 0.25) is 0 Å². The van der Waals surface area contributed by atoms with Crippen LogP contribution in [-0.4, -0.2) is 38.2 Å². The minimum absolute atomic E-state index is 0.0295. The SMILES string of the molecule is Cc1ccc2c(c1)nc(COC(=O)c1cn(CCCN)c3ccccc13)c(=O)n2CC(=O)OC(C)(C)C. The van der Waals surface area contributed by atoms with Crippen molar-refractivity contribution < 1.29 is 19.1 Å². The molecule has 2 heterocycles. The molecule has 0 unspecified atom stereocenters. The van der Waals surface area contributed by atoms with Gasteiger partial charge < -0.3 is 19.8 Å². The lowest BCUT2D eigenvalue weighted by molar-refractivity contribution is -0.155. The average molecular weight is 505 g/mol. The molecule has 0 amide bonds. The number of esters is 2. The second kappa shape index (κ2) is 10.6. The van der Waals surface area contributed by atoms with E-state index in [4.69, 9.17) is 15.2 Å². The number of benzene rings is 2. The molecule has 0 atom stereocenters. The Hall–Kier alpha value is -3.98. The summed E-state index contributed by atoms with van der Waals surface area (Å²) in [6.45, 7) is 7.79. The van der Waals surface area contributed by atoms with Gasteiger partial charge in [0.25, 0.3) is 5.56 Å². The van der Waals surface area contributed by atoms with Gasteiger partial charge in [0.2, 0.25) is 0 Å². The van der Waals surface area contributed by atoms with E-state index in [2.05, 4.69) is 4.98 Å². The molecule has 0 radical (unpaired) electrons. The van der Waals surface area contributed by atoms with E-state index in [-0.39, 0.29) is 18.8 Å². The number of aryl methyl sites for hydroxylation is 2. The van der Waals surface area contributed by atoms with Gasteiger partial charge in [-0.25, -0.2) is 9.78 Å². The van der Waals surface area contributed by atoms with Gasteiger partial charge in [-0.1, -0.05) is 24.3 Å². The van der Waals surface area contributed by atoms with Crippen LogP contribution in [0.3, 0.4) is 0 Å². The van der Waals surface area contributed by atoms with Gasteiger partial charge in [-0.15, -0.1) is 0 Å². The molecule has 194 valence electrons. The van der Waals surface area contributed by atoms with Gasteiger partial charge in [-0.2, -0.15) is 0 Å². The average Bonchev–Trinajstić information content (AvgIpc) is 3.21. The molecule has 2 aromatic heterocycles. The van der Waals surface area contributed by atoms with Crippen molar-refractivity contribution in [3.8, 4) is 0 Å². The number of nitrogens with two attached hydrogens (primary N) is 1. The Bertz CT molecular complexity index is 1530. The zero-order chi connectivity index (χ0) is 26.7. The first-order valence-electron chi connectivity index (χ1n) is 12.2. The van der Waals surface area contributed by atoms with Gasteiger partial charge >= 0.3 is 11.9 Å². The number of aromatic nitrogens is 3. The largest absolute Gasteiger partial charge is 0.459 e. The monoisotopic (exact) mass is 504 g/mol. The fourth-order valence-corrected chi connectivity index (χ4v) is 4.23. The maximum atomic E-state index is 13.3. The van der Waals surface area contributed by atoms with Crippen LogP contribution < -0.4 is 11.3 Å². The summed E-state index contributed by atoms with van der Waals surface area (Å²) in [5.74, 6) is -1.11. The molecule has 0 aliphatic carbocycles. The minimum atomic E-state index is -0.693. The molecule has 0 saturated carbocycles. The molecule has 0 fully saturated rings. The number of carbonyl (C=O) groups excluding carboxylic acids is 2. The van der Waals surface area contributed by atoms with E-state index >= 15 is 0 Å². The van der Waals surface area contributed by atoms with Gasteiger partial charge in [0.05, 0.1) is 16.6 Å². The van der Waals surface area contributed by atoms with Crippen molar-refractivity contribution in [2.45, 2.75) is 59.4 Å². The second-order valence-electron chi connectivity index (χ2n) is 10.0. The van der Waals surface area contributed by atoms with Crippen molar-refractivity contribution in [2.24, 2.45) is 5.73 Å². The highest BCUT2D eigenvalue weighted by molar-refractivity contribution is 6.04. The molecule has 4 aromatic rings. The van der Waals surface area contributed by atoms with Crippen LogP contribution in [0.15, 0.2) is 53.5 Å². The molecule has 2 aromatic carbocycles. The predicted molar refractivity (Wildman–Crippen MR) is 141 cm³/mol. The molecule has 0 bridgehead atoms. The maximum Gasteiger partial charge on any atom is 0.340 e. The quantitative estimate of drug-likeness (QED) is 0.363. The summed E-state index contributed by atoms with van der Waals surface area (Å²) in [6.07, 6.45) is 2.52. The van der Waals surface area contributed by atoms with E-state index in [0.717, 1.165) is 22.9 Å². The first-order chi connectivity index (χ1) is 17.6. The predicted octanol–water partition coefficient (Wildman–Crippen LogP) is 3.71. The zero-order valence-electron chi connectivity index (χ0n) is 21.6. The highest BCUT2D eigenvalue weighted by Gasteiger charge is 2.21. The Morgan fingerprint density at radius 2 is 1.84 bits per heavy atom. The Kier molecular flexibility index (Phi) is 7.45. The van der Waals surface area contributed by atoms with Gasteiger partial charge in [0.1, 0.15) is 24.4 Å². The van der Waals surface area contributed by atoms with Gasteiger partial charge in [-0.05, 0) is 64.4 Å². The number of para-hydroxylation sites is 1. The summed E-state index contributed by atoms with van der Waals surface area (Å²) < 4.78 is 14.3. The van der Waals surface area contributed by atoms with Crippen LogP contribution in [0.1, 0.15) is 48.8 Å². The number of hydrogen-bond donors (Lipinski definition) is 1. The molecule has 0 saturated heterocycles. The van der Waals surface area contributed by atoms with Crippen molar-refractivity contribution in [1.82, 2.24) is 14.1 Å². The van der Waals surface area contributed by atoms with Crippen LogP contribution in [0.5, 0.6) is 0 Å². The summed E-state index contributed by atoms with van der Waals surface area (Å²) in [7, 11) is 0. The smallest absolute Gasteiger partial charge is 0.340 e. The summed E-state index contributed by atoms with van der Waals surface area (Å²) in [6, 6.07) is 13.0. The molecular weight excluding hydrogens is 472 g/mol. The Balaban J connectivity index is 1.65. The van der Waals surface area contributed by atoms with Crippen LogP contribution in [0.25, 0.3) is 21.9 Å². The topological polar surface area (TPSA) is 118 Å². The van der Waals surface area contributed by atoms with Crippen molar-refractivity contribution >= 4 is 33.9 Å². The molecule has 9 nitrogen and oxygen atoms in total. The van der Waals surface area contributed by atoms with Gasteiger partial charge in [0.15, 0.2) is 0 Å². The molecule has 9 heteroatoms. The van der Waals surface area contributed by atoms with E-state index in [9.17, 15) is 14.4 Å². The maximum absolute atomic E-state index is 13.3. The Morgan fingerprint density at radius 3 is 2.57 bits per heavy atom. The molecule has 0 aliphatic rings. The van der Waals surface area contributed by atoms with E-state index < -0.39 is 23.1 Å². The lowest BCUT2D eigenvalue weighted by Gasteiger charge is -2.20. The van der Waals surface area contributed by atoms with Crippen LogP contribution >= 0.6 is 0 Å². The molecule has 0 spiro atoms. The van der Waals surface area contributed by atoms with E-state index in [1.54, 1.807) is 33.0 Å². The fraction of sp³-hybridized carbons (Fsp3) is 0.357. The molecular formula is C28H32N4O5. The standard InChI is InChI=1S/C28H32N4O5/c1-18-10-11-24-21(14-18)30-22(26(34)32(24)16-25(33)37-28(2,3)4)17-36-27(35)20-15-31(13-7-12-29)23-9-6-5-8-19(20)23/h5-6,8-11,14-15H,7,12-13,16-17,29H2,1-4H3. The third kappa shape index (κ3) is 5.89. The summed E-state index contributed by atoms with van der Waals surface area (Å²) in [5.41, 5.74) is 7.75. The molecule has 0 aliphatic heterocycles. The minimum Gasteiger partial charge on any atom is -0.459 e. The summed E-state index contributed by atoms with van der Waals surface area (Å²) in [4.78, 5) is 43.5. The van der Waals surface area contributed by atoms with Gasteiger partial charge in [0, 0.05) is 23.6 Å². The van der Waals surface area contributed by atoms with Gasteiger partial charge in [-0.3, -0.25) is 14.2 Å². The molecule has 2 N–H and O–H groups in total. The number of carbonyl (C=O) groups is 2. The van der Waals surface area contributed by atoms with E-state index in [0.29, 0.717) is 29.7 Å². The van der Waals surface area contributed by atoms with Crippen molar-refractivity contribution in [1.29, 1.82) is 0 Å². The van der Waals surface area contributed by atoms with Crippen molar-refractivity contribution in [3.63, 3.8) is 0 Å². The number of fused-ring (bicyclic) bond motifs is 2. The number of rotatable bonds is 8. The number of hydrogen-bond acceptors (Lipinski definition) is 7. The first-order valence-corrected chi connectivity index (χ1v) is 12.2. The van der Waals surface area contributed by atoms with Crippen LogP contribution in [-0.2, 0) is 34.0 Å². The fourth-order valence-electron chi connectivity index (χ4n) is 4.23. The Morgan fingerprint density at radius 1 is 1.08 bits per heavy atom. The summed E-state index contributed by atoms with van der Waals surface area (Å²) >= 11 is 0.